The molecule has 5 N–H and O–H groups in total. The predicted molar refractivity (Wildman–Crippen MR) is 97.5 cm³/mol. The zero-order valence-corrected chi connectivity index (χ0v) is 15.1. The molecule has 0 amide bonds. The monoisotopic (exact) mass is 361 g/mol. The molecule has 0 unspecified atom stereocenters. The van der Waals surface area contributed by atoms with Gasteiger partial charge in [-0.1, -0.05) is 6.92 Å². The average Bonchev–Trinajstić information content (AvgIpc) is 2.60. The van der Waals surface area contributed by atoms with Crippen LogP contribution in [0.5, 0.6) is 6.01 Å². The Kier molecular flexibility index (Phi) is 6.12. The number of ether oxygens (including phenoxy) is 1. The first kappa shape index (κ1) is 19.6. The molecular weight excluding hydrogens is 337 g/mol. The Morgan fingerprint density at radius 1 is 1.35 bits per heavy atom. The number of aryl methyl sites for hydroxylation is 1. The van der Waals surface area contributed by atoms with Gasteiger partial charge < -0.3 is 15.6 Å². The van der Waals surface area contributed by atoms with Crippen LogP contribution in [0.3, 0.4) is 0 Å². The van der Waals surface area contributed by atoms with Crippen LogP contribution in [0.4, 0.5) is 10.1 Å². The molecule has 0 bridgehead atoms. The SMILES string of the molecule is CCc1cc(N(N)/C=C(\N)COc2ncc(C(C)(C)O)cn2)ccc1F. The number of aromatic nitrogens is 2. The number of benzene rings is 1. The minimum Gasteiger partial charge on any atom is -0.457 e. The maximum atomic E-state index is 13.6. The molecule has 2 rings (SSSR count). The molecule has 2 aromatic rings. The van der Waals surface area contributed by atoms with E-state index in [1.165, 1.54) is 29.7 Å². The predicted octanol–water partition coefficient (Wildman–Crippen LogP) is 1.96. The van der Waals surface area contributed by atoms with Crippen molar-refractivity contribution in [1.29, 1.82) is 0 Å². The van der Waals surface area contributed by atoms with Gasteiger partial charge in [-0.3, -0.25) is 5.01 Å². The largest absolute Gasteiger partial charge is 0.457 e. The second kappa shape index (κ2) is 8.11. The van der Waals surface area contributed by atoms with E-state index in [4.69, 9.17) is 16.3 Å². The van der Waals surface area contributed by atoms with E-state index in [-0.39, 0.29) is 18.4 Å². The van der Waals surface area contributed by atoms with E-state index in [0.717, 1.165) is 0 Å². The van der Waals surface area contributed by atoms with Crippen molar-refractivity contribution in [3.63, 3.8) is 0 Å². The standard InChI is InChI=1S/C18H24FN5O2/c1-4-12-7-15(5-6-16(12)19)24(21)10-14(20)11-26-17-22-8-13(9-23-17)18(2,3)25/h5-10,25H,4,11,20-21H2,1-3H3/b14-10-. The average molecular weight is 361 g/mol. The van der Waals surface area contributed by atoms with Crippen LogP contribution >= 0.6 is 0 Å². The van der Waals surface area contributed by atoms with Crippen LogP contribution in [0.25, 0.3) is 0 Å². The first-order chi connectivity index (χ1) is 12.2. The molecule has 1 aromatic carbocycles. The molecule has 1 aromatic heterocycles. The lowest BCUT2D eigenvalue weighted by atomic mass is 10.0. The van der Waals surface area contributed by atoms with Crippen LogP contribution in [0.15, 0.2) is 42.5 Å². The topological polar surface area (TPSA) is 111 Å². The zero-order valence-electron chi connectivity index (χ0n) is 15.1. The molecule has 7 nitrogen and oxygen atoms in total. The molecule has 0 aliphatic carbocycles. The van der Waals surface area contributed by atoms with Crippen LogP contribution in [0.1, 0.15) is 31.9 Å². The van der Waals surface area contributed by atoms with Crippen molar-refractivity contribution in [2.45, 2.75) is 32.8 Å². The highest BCUT2D eigenvalue weighted by atomic mass is 19.1. The zero-order chi connectivity index (χ0) is 19.3. The smallest absolute Gasteiger partial charge is 0.316 e. The summed E-state index contributed by atoms with van der Waals surface area (Å²) in [4.78, 5) is 8.05. The number of aliphatic hydroxyl groups is 1. The Morgan fingerprint density at radius 3 is 2.58 bits per heavy atom. The van der Waals surface area contributed by atoms with Gasteiger partial charge in [-0.25, -0.2) is 20.2 Å². The van der Waals surface area contributed by atoms with Gasteiger partial charge in [0.05, 0.1) is 17.0 Å². The lowest BCUT2D eigenvalue weighted by Gasteiger charge is -2.17. The molecule has 0 aliphatic heterocycles. The number of anilines is 1. The molecule has 0 saturated carbocycles. The van der Waals surface area contributed by atoms with Gasteiger partial charge in [0, 0.05) is 24.2 Å². The number of nitrogens with zero attached hydrogens (tertiary/aromatic N) is 3. The van der Waals surface area contributed by atoms with Gasteiger partial charge >= 0.3 is 6.01 Å². The molecule has 0 fully saturated rings. The second-order valence-corrected chi connectivity index (χ2v) is 6.34. The van der Waals surface area contributed by atoms with Gasteiger partial charge in [-0.05, 0) is 44.0 Å². The van der Waals surface area contributed by atoms with Crippen LogP contribution in [0.2, 0.25) is 0 Å². The lowest BCUT2D eigenvalue weighted by molar-refractivity contribution is 0.0776. The third-order valence-corrected chi connectivity index (χ3v) is 3.72. The molecular formula is C18H24FN5O2. The highest BCUT2D eigenvalue weighted by Gasteiger charge is 2.17. The Morgan fingerprint density at radius 2 is 2.00 bits per heavy atom. The van der Waals surface area contributed by atoms with E-state index in [1.807, 2.05) is 6.92 Å². The fraction of sp³-hybridized carbons (Fsp3) is 0.333. The maximum Gasteiger partial charge on any atom is 0.316 e. The quantitative estimate of drug-likeness (QED) is 0.511. The van der Waals surface area contributed by atoms with Crippen LogP contribution in [-0.4, -0.2) is 21.7 Å². The molecule has 0 saturated heterocycles. The van der Waals surface area contributed by atoms with Gasteiger partial charge in [0.25, 0.3) is 0 Å². The van der Waals surface area contributed by atoms with Gasteiger partial charge in [0.15, 0.2) is 0 Å². The molecule has 0 aliphatic rings. The molecule has 26 heavy (non-hydrogen) atoms. The van der Waals surface area contributed by atoms with E-state index in [1.54, 1.807) is 26.0 Å². The minimum atomic E-state index is -1.02. The van der Waals surface area contributed by atoms with Crippen LogP contribution < -0.4 is 21.3 Å². The number of hydrogen-bond acceptors (Lipinski definition) is 7. The van der Waals surface area contributed by atoms with Gasteiger partial charge in [-0.15, -0.1) is 0 Å². The van der Waals surface area contributed by atoms with Gasteiger partial charge in [0.1, 0.15) is 12.4 Å². The summed E-state index contributed by atoms with van der Waals surface area (Å²) in [6.45, 7) is 5.17. The molecule has 0 atom stereocenters. The van der Waals surface area contributed by atoms with Crippen molar-refractivity contribution in [1.82, 2.24) is 9.97 Å². The van der Waals surface area contributed by atoms with Crippen LogP contribution in [-0.2, 0) is 12.0 Å². The molecule has 0 spiro atoms. The van der Waals surface area contributed by atoms with E-state index in [0.29, 0.717) is 28.9 Å². The highest BCUT2D eigenvalue weighted by molar-refractivity contribution is 5.50. The number of halogens is 1. The van der Waals surface area contributed by atoms with Crippen LogP contribution in [0, 0.1) is 5.82 Å². The molecule has 1 heterocycles. The Balaban J connectivity index is 1.99. The second-order valence-electron chi connectivity index (χ2n) is 6.34. The Bertz CT molecular complexity index is 772. The lowest BCUT2D eigenvalue weighted by Crippen LogP contribution is -2.27. The Hall–Kier alpha value is -2.71. The Labute approximate surface area is 152 Å². The summed E-state index contributed by atoms with van der Waals surface area (Å²) < 4.78 is 19.0. The van der Waals surface area contributed by atoms with E-state index in [2.05, 4.69) is 9.97 Å². The number of nitrogens with two attached hydrogens (primary N) is 2. The van der Waals surface area contributed by atoms with Gasteiger partial charge in [-0.2, -0.15) is 0 Å². The first-order valence-electron chi connectivity index (χ1n) is 8.17. The van der Waals surface area contributed by atoms with E-state index >= 15 is 0 Å². The van der Waals surface area contributed by atoms with Crippen molar-refractivity contribution >= 4 is 5.69 Å². The first-order valence-corrected chi connectivity index (χ1v) is 8.17. The van der Waals surface area contributed by atoms with E-state index in [9.17, 15) is 9.50 Å². The number of hydrogen-bond donors (Lipinski definition) is 3. The third kappa shape index (κ3) is 5.14. The van der Waals surface area contributed by atoms with Crippen molar-refractivity contribution < 1.29 is 14.2 Å². The van der Waals surface area contributed by atoms with Crippen molar-refractivity contribution in [3.05, 3.63) is 59.4 Å². The number of rotatable bonds is 7. The summed E-state index contributed by atoms with van der Waals surface area (Å²) in [5, 5.41) is 11.2. The van der Waals surface area contributed by atoms with Crippen molar-refractivity contribution in [2.75, 3.05) is 11.6 Å². The maximum absolute atomic E-state index is 13.6. The normalized spacial score (nSPS) is 12.2. The molecule has 8 heteroatoms. The minimum absolute atomic E-state index is 0.0252. The fourth-order valence-electron chi connectivity index (χ4n) is 2.14. The van der Waals surface area contributed by atoms with Crippen molar-refractivity contribution in [3.8, 4) is 6.01 Å². The third-order valence-electron chi connectivity index (χ3n) is 3.72. The van der Waals surface area contributed by atoms with Crippen molar-refractivity contribution in [2.24, 2.45) is 11.6 Å². The van der Waals surface area contributed by atoms with Gasteiger partial charge in [0.2, 0.25) is 0 Å². The highest BCUT2D eigenvalue weighted by Crippen LogP contribution is 2.19. The molecule has 0 radical (unpaired) electrons. The van der Waals surface area contributed by atoms with E-state index < -0.39 is 5.60 Å². The summed E-state index contributed by atoms with van der Waals surface area (Å²) >= 11 is 0. The fourth-order valence-corrected chi connectivity index (χ4v) is 2.14. The summed E-state index contributed by atoms with van der Waals surface area (Å²) in [5.41, 5.74) is 6.97. The summed E-state index contributed by atoms with van der Waals surface area (Å²) in [7, 11) is 0. The molecule has 140 valence electrons. The summed E-state index contributed by atoms with van der Waals surface area (Å²) in [6.07, 6.45) is 5.02. The number of hydrazine groups is 1. The summed E-state index contributed by atoms with van der Waals surface area (Å²) in [5.74, 6) is 5.68. The summed E-state index contributed by atoms with van der Waals surface area (Å²) in [6, 6.07) is 4.73.